The van der Waals surface area contributed by atoms with Gasteiger partial charge in [0, 0.05) is 13.0 Å². The number of imide groups is 1. The van der Waals surface area contributed by atoms with Crippen LogP contribution in [0.1, 0.15) is 17.5 Å². The Bertz CT molecular complexity index is 1060. The number of urea groups is 1. The molecule has 182 valence electrons. The van der Waals surface area contributed by atoms with Crippen LogP contribution in [0, 0.1) is 0 Å². The average molecular weight is 479 g/mol. The highest BCUT2D eigenvalue weighted by Crippen LogP contribution is 2.34. The second-order valence-corrected chi connectivity index (χ2v) is 7.61. The first kappa shape index (κ1) is 24.9. The van der Waals surface area contributed by atoms with Crippen molar-refractivity contribution in [1.82, 2.24) is 15.5 Å². The molecule has 1 aliphatic heterocycles. The Labute approximate surface area is 194 Å². The number of benzene rings is 2. The molecule has 8 nitrogen and oxygen atoms in total. The fourth-order valence-electron chi connectivity index (χ4n) is 3.58. The van der Waals surface area contributed by atoms with Crippen LogP contribution in [-0.2, 0) is 22.4 Å². The van der Waals surface area contributed by atoms with Gasteiger partial charge in [-0.05, 0) is 36.1 Å². The standard InChI is InChI=1S/C23H24F3N3O5/c1-33-17-10-8-16(14-18(17)34-2)12-13-29-20(31)22(23(24,25)26,28-21(29)32)27-19(30)11-9-15-6-4-3-5-7-15/h3-8,10,14H,9,11-13H2,1-2H3,(H,27,30)(H,28,32)/t22-/m1/s1. The predicted molar refractivity (Wildman–Crippen MR) is 115 cm³/mol. The zero-order chi connectivity index (χ0) is 24.9. The Morgan fingerprint density at radius 3 is 2.29 bits per heavy atom. The van der Waals surface area contributed by atoms with E-state index < -0.39 is 29.7 Å². The Morgan fingerprint density at radius 1 is 1.00 bits per heavy atom. The maximum Gasteiger partial charge on any atom is 0.440 e. The van der Waals surface area contributed by atoms with E-state index in [4.69, 9.17) is 9.47 Å². The minimum absolute atomic E-state index is 0.0649. The number of amides is 4. The molecular weight excluding hydrogens is 455 g/mol. The molecule has 0 unspecified atom stereocenters. The van der Waals surface area contributed by atoms with Crippen molar-refractivity contribution in [2.75, 3.05) is 20.8 Å². The highest BCUT2D eigenvalue weighted by atomic mass is 19.4. The first-order valence-electron chi connectivity index (χ1n) is 10.4. The first-order valence-corrected chi connectivity index (χ1v) is 10.4. The van der Waals surface area contributed by atoms with Crippen LogP contribution in [0.25, 0.3) is 0 Å². The summed E-state index contributed by atoms with van der Waals surface area (Å²) >= 11 is 0. The Kier molecular flexibility index (Phi) is 7.33. The van der Waals surface area contributed by atoms with Gasteiger partial charge in [0.25, 0.3) is 11.6 Å². The van der Waals surface area contributed by atoms with E-state index in [1.165, 1.54) is 14.2 Å². The zero-order valence-electron chi connectivity index (χ0n) is 18.6. The quantitative estimate of drug-likeness (QED) is 0.540. The summed E-state index contributed by atoms with van der Waals surface area (Å²) in [7, 11) is 2.88. The van der Waals surface area contributed by atoms with E-state index in [0.717, 1.165) is 5.56 Å². The summed E-state index contributed by atoms with van der Waals surface area (Å²) in [6.45, 7) is -0.335. The first-order chi connectivity index (χ1) is 16.1. The lowest BCUT2D eigenvalue weighted by Crippen LogP contribution is -2.69. The molecule has 2 aromatic carbocycles. The Balaban J connectivity index is 1.72. The minimum atomic E-state index is -5.25. The number of hydrogen-bond acceptors (Lipinski definition) is 5. The third-order valence-electron chi connectivity index (χ3n) is 5.41. The molecule has 0 aromatic heterocycles. The fourth-order valence-corrected chi connectivity index (χ4v) is 3.58. The van der Waals surface area contributed by atoms with Crippen molar-refractivity contribution in [1.29, 1.82) is 0 Å². The van der Waals surface area contributed by atoms with Gasteiger partial charge < -0.3 is 14.8 Å². The maximum atomic E-state index is 14.0. The van der Waals surface area contributed by atoms with Crippen molar-refractivity contribution in [3.8, 4) is 11.5 Å². The molecule has 0 aliphatic carbocycles. The lowest BCUT2D eigenvalue weighted by molar-refractivity contribution is -0.204. The smallest absolute Gasteiger partial charge is 0.440 e. The normalized spacial score (nSPS) is 18.0. The van der Waals surface area contributed by atoms with Crippen LogP contribution in [0.15, 0.2) is 48.5 Å². The Morgan fingerprint density at radius 2 is 1.68 bits per heavy atom. The number of hydrogen-bond donors (Lipinski definition) is 2. The average Bonchev–Trinajstić information content (AvgIpc) is 3.06. The number of aryl methyl sites for hydroxylation is 1. The van der Waals surface area contributed by atoms with Crippen molar-refractivity contribution in [2.45, 2.75) is 31.1 Å². The van der Waals surface area contributed by atoms with Crippen LogP contribution >= 0.6 is 0 Å². The van der Waals surface area contributed by atoms with E-state index in [1.807, 2.05) is 0 Å². The highest BCUT2D eigenvalue weighted by molar-refractivity contribution is 6.08. The van der Waals surface area contributed by atoms with Gasteiger partial charge in [-0.2, -0.15) is 13.2 Å². The summed E-state index contributed by atoms with van der Waals surface area (Å²) in [5, 5.41) is 3.37. The van der Waals surface area contributed by atoms with Gasteiger partial charge in [0.05, 0.1) is 14.2 Å². The molecule has 2 aromatic rings. The molecule has 3 rings (SSSR count). The third-order valence-corrected chi connectivity index (χ3v) is 5.41. The predicted octanol–water partition coefficient (Wildman–Crippen LogP) is 2.81. The van der Waals surface area contributed by atoms with Gasteiger partial charge in [0.2, 0.25) is 5.91 Å². The summed E-state index contributed by atoms with van der Waals surface area (Å²) in [6, 6.07) is 12.3. The van der Waals surface area contributed by atoms with E-state index in [2.05, 4.69) is 0 Å². The lowest BCUT2D eigenvalue weighted by atomic mass is 10.1. The van der Waals surface area contributed by atoms with E-state index in [-0.39, 0.29) is 25.8 Å². The van der Waals surface area contributed by atoms with E-state index in [9.17, 15) is 27.6 Å². The third kappa shape index (κ3) is 5.08. The van der Waals surface area contributed by atoms with Gasteiger partial charge in [0.1, 0.15) is 0 Å². The van der Waals surface area contributed by atoms with Crippen LogP contribution in [-0.4, -0.2) is 55.3 Å². The van der Waals surface area contributed by atoms with E-state index in [1.54, 1.807) is 59.2 Å². The molecule has 34 heavy (non-hydrogen) atoms. The van der Waals surface area contributed by atoms with Gasteiger partial charge in [-0.3, -0.25) is 19.8 Å². The van der Waals surface area contributed by atoms with Crippen LogP contribution < -0.4 is 20.1 Å². The number of alkyl halides is 3. The molecule has 0 saturated carbocycles. The fraction of sp³-hybridized carbons (Fsp3) is 0.348. The number of halogens is 3. The van der Waals surface area contributed by atoms with Gasteiger partial charge in [-0.25, -0.2) is 4.79 Å². The molecule has 0 radical (unpaired) electrons. The zero-order valence-corrected chi connectivity index (χ0v) is 18.6. The summed E-state index contributed by atoms with van der Waals surface area (Å²) in [5.74, 6) is -1.75. The number of nitrogens with zero attached hydrogens (tertiary/aromatic N) is 1. The van der Waals surface area contributed by atoms with E-state index in [0.29, 0.717) is 22.0 Å². The maximum absolute atomic E-state index is 14.0. The SMILES string of the molecule is COc1ccc(CCN2C(=O)N[C@@](NC(=O)CCc3ccccc3)(C(F)(F)F)C2=O)cc1OC. The molecule has 1 fully saturated rings. The Hall–Kier alpha value is -3.76. The number of methoxy groups -OCH3 is 2. The monoisotopic (exact) mass is 479 g/mol. The van der Waals surface area contributed by atoms with E-state index >= 15 is 0 Å². The largest absolute Gasteiger partial charge is 0.493 e. The molecule has 1 saturated heterocycles. The van der Waals surface area contributed by atoms with Crippen molar-refractivity contribution in [3.63, 3.8) is 0 Å². The van der Waals surface area contributed by atoms with Gasteiger partial charge >= 0.3 is 12.2 Å². The molecule has 2 N–H and O–H groups in total. The molecule has 1 heterocycles. The van der Waals surface area contributed by atoms with Gasteiger partial charge in [0.15, 0.2) is 11.5 Å². The van der Waals surface area contributed by atoms with Gasteiger partial charge in [-0.15, -0.1) is 0 Å². The molecule has 1 aliphatic rings. The number of carbonyl (C=O) groups excluding carboxylic acids is 3. The molecule has 4 amide bonds. The second-order valence-electron chi connectivity index (χ2n) is 7.61. The molecule has 11 heteroatoms. The molecule has 0 bridgehead atoms. The van der Waals surface area contributed by atoms with Crippen molar-refractivity contribution < 1.29 is 37.0 Å². The molecule has 0 spiro atoms. The van der Waals surface area contributed by atoms with Crippen molar-refractivity contribution >= 4 is 17.8 Å². The molecular formula is C23H24F3N3O5. The van der Waals surface area contributed by atoms with Crippen LogP contribution in [0.4, 0.5) is 18.0 Å². The summed E-state index contributed by atoms with van der Waals surface area (Å²) < 4.78 is 52.2. The van der Waals surface area contributed by atoms with Crippen LogP contribution in [0.2, 0.25) is 0 Å². The summed E-state index contributed by atoms with van der Waals surface area (Å²) in [5.41, 5.74) is -2.16. The molecule has 1 atom stereocenters. The lowest BCUT2D eigenvalue weighted by Gasteiger charge is -2.30. The number of rotatable bonds is 9. The minimum Gasteiger partial charge on any atom is -0.493 e. The van der Waals surface area contributed by atoms with Crippen LogP contribution in [0.5, 0.6) is 11.5 Å². The topological polar surface area (TPSA) is 97.0 Å². The van der Waals surface area contributed by atoms with Crippen molar-refractivity contribution in [2.24, 2.45) is 0 Å². The van der Waals surface area contributed by atoms with Crippen LogP contribution in [0.3, 0.4) is 0 Å². The second kappa shape index (κ2) is 10.0. The van der Waals surface area contributed by atoms with Gasteiger partial charge in [-0.1, -0.05) is 36.4 Å². The number of ether oxygens (including phenoxy) is 2. The highest BCUT2D eigenvalue weighted by Gasteiger charge is 2.68. The van der Waals surface area contributed by atoms with Crippen molar-refractivity contribution in [3.05, 3.63) is 59.7 Å². The summed E-state index contributed by atoms with van der Waals surface area (Å²) in [4.78, 5) is 37.9. The number of carbonyl (C=O) groups is 3. The number of nitrogens with one attached hydrogen (secondary N) is 2. The summed E-state index contributed by atoms with van der Waals surface area (Å²) in [6.07, 6.45) is -5.31.